The molecule has 0 aromatic rings. The van der Waals surface area contributed by atoms with Crippen LogP contribution in [0.3, 0.4) is 0 Å². The van der Waals surface area contributed by atoms with Crippen molar-refractivity contribution < 1.29 is 0 Å². The molecule has 0 spiro atoms. The summed E-state index contributed by atoms with van der Waals surface area (Å²) in [4.78, 5) is 8.65. The maximum absolute atomic E-state index is 4.19. The predicted molar refractivity (Wildman–Crippen MR) is 87.4 cm³/mol. The standard InChI is InChI=1S/C12H28N4.HI/c1-10(2)16(11(3)4)9-8-14-12(13-5)15(6)7;/h10-11H,8-9H2,1-7H3,(H,13,14);1H. The van der Waals surface area contributed by atoms with Gasteiger partial charge < -0.3 is 10.2 Å². The molecule has 0 radical (unpaired) electrons. The van der Waals surface area contributed by atoms with Crippen LogP contribution >= 0.6 is 24.0 Å². The summed E-state index contributed by atoms with van der Waals surface area (Å²) in [5.74, 6) is 0.937. The molecular formula is C12H29IN4. The van der Waals surface area contributed by atoms with Gasteiger partial charge in [0.2, 0.25) is 0 Å². The first kappa shape index (κ1) is 19.3. The Morgan fingerprint density at radius 1 is 1.12 bits per heavy atom. The van der Waals surface area contributed by atoms with Crippen LogP contribution in [-0.4, -0.2) is 62.1 Å². The summed E-state index contributed by atoms with van der Waals surface area (Å²) in [6, 6.07) is 1.17. The van der Waals surface area contributed by atoms with Gasteiger partial charge in [-0.1, -0.05) is 0 Å². The van der Waals surface area contributed by atoms with Gasteiger partial charge in [0.25, 0.3) is 0 Å². The molecule has 0 saturated carbocycles. The summed E-state index contributed by atoms with van der Waals surface area (Å²) in [7, 11) is 5.81. The quantitative estimate of drug-likeness (QED) is 0.464. The molecule has 0 aromatic carbocycles. The lowest BCUT2D eigenvalue weighted by Crippen LogP contribution is -2.44. The maximum Gasteiger partial charge on any atom is 0.193 e. The second kappa shape index (κ2) is 9.94. The molecule has 0 saturated heterocycles. The molecule has 4 nitrogen and oxygen atoms in total. The molecule has 17 heavy (non-hydrogen) atoms. The smallest absolute Gasteiger partial charge is 0.193 e. The first-order valence-electron chi connectivity index (χ1n) is 6.03. The number of guanidine groups is 1. The molecule has 0 aromatic heterocycles. The van der Waals surface area contributed by atoms with Gasteiger partial charge in [0.05, 0.1) is 0 Å². The average molecular weight is 356 g/mol. The van der Waals surface area contributed by atoms with Crippen LogP contribution in [0.4, 0.5) is 0 Å². The van der Waals surface area contributed by atoms with Gasteiger partial charge in [0.15, 0.2) is 5.96 Å². The molecule has 0 heterocycles. The summed E-state index contributed by atoms with van der Waals surface area (Å²) in [6.07, 6.45) is 0. The van der Waals surface area contributed by atoms with Crippen molar-refractivity contribution in [3.8, 4) is 0 Å². The molecule has 104 valence electrons. The second-order valence-electron chi connectivity index (χ2n) is 4.79. The van der Waals surface area contributed by atoms with Gasteiger partial charge in [-0.25, -0.2) is 0 Å². The first-order valence-corrected chi connectivity index (χ1v) is 6.03. The topological polar surface area (TPSA) is 30.9 Å². The molecule has 0 aliphatic rings. The summed E-state index contributed by atoms with van der Waals surface area (Å²) < 4.78 is 0. The van der Waals surface area contributed by atoms with E-state index in [4.69, 9.17) is 0 Å². The average Bonchev–Trinajstić information content (AvgIpc) is 2.15. The zero-order chi connectivity index (χ0) is 12.7. The fourth-order valence-corrected chi connectivity index (χ4v) is 1.85. The third kappa shape index (κ3) is 7.81. The Labute approximate surface area is 124 Å². The Bertz CT molecular complexity index is 207. The van der Waals surface area contributed by atoms with E-state index in [1.807, 2.05) is 26.0 Å². The third-order valence-electron chi connectivity index (χ3n) is 2.62. The van der Waals surface area contributed by atoms with Crippen molar-refractivity contribution in [3.05, 3.63) is 0 Å². The number of nitrogens with zero attached hydrogens (tertiary/aromatic N) is 3. The van der Waals surface area contributed by atoms with Crippen LogP contribution < -0.4 is 5.32 Å². The van der Waals surface area contributed by atoms with Gasteiger partial charge in [-0.05, 0) is 27.7 Å². The molecule has 0 rings (SSSR count). The van der Waals surface area contributed by atoms with Crippen LogP contribution in [0, 0.1) is 0 Å². The highest BCUT2D eigenvalue weighted by atomic mass is 127. The number of hydrogen-bond acceptors (Lipinski definition) is 2. The van der Waals surface area contributed by atoms with E-state index in [2.05, 4.69) is 42.9 Å². The molecule has 5 heteroatoms. The van der Waals surface area contributed by atoms with Gasteiger partial charge in [0, 0.05) is 46.3 Å². The highest BCUT2D eigenvalue weighted by Gasteiger charge is 2.12. The Kier molecular flexibility index (Phi) is 11.3. The number of nitrogens with one attached hydrogen (secondary N) is 1. The predicted octanol–water partition coefficient (Wildman–Crippen LogP) is 1.86. The van der Waals surface area contributed by atoms with Gasteiger partial charge in [-0.15, -0.1) is 24.0 Å². The molecule has 0 aliphatic heterocycles. The largest absolute Gasteiger partial charge is 0.355 e. The molecule has 0 amide bonds. The van der Waals surface area contributed by atoms with E-state index in [9.17, 15) is 0 Å². The van der Waals surface area contributed by atoms with Gasteiger partial charge in [-0.2, -0.15) is 0 Å². The normalized spacial score (nSPS) is 12.0. The Morgan fingerprint density at radius 2 is 1.59 bits per heavy atom. The number of hydrogen-bond donors (Lipinski definition) is 1. The van der Waals surface area contributed by atoms with Crippen LogP contribution in [0.2, 0.25) is 0 Å². The molecule has 0 unspecified atom stereocenters. The summed E-state index contributed by atoms with van der Waals surface area (Å²) in [5, 5.41) is 3.34. The number of halogens is 1. The molecule has 0 atom stereocenters. The van der Waals surface area contributed by atoms with E-state index < -0.39 is 0 Å². The zero-order valence-corrected chi connectivity index (χ0v) is 14.6. The fourth-order valence-electron chi connectivity index (χ4n) is 1.85. The van der Waals surface area contributed by atoms with Gasteiger partial charge in [-0.3, -0.25) is 9.89 Å². The molecule has 0 aliphatic carbocycles. The van der Waals surface area contributed by atoms with Crippen molar-refractivity contribution in [2.75, 3.05) is 34.2 Å². The summed E-state index contributed by atoms with van der Waals surface area (Å²) in [5.41, 5.74) is 0. The van der Waals surface area contributed by atoms with Gasteiger partial charge in [0.1, 0.15) is 0 Å². The van der Waals surface area contributed by atoms with E-state index in [0.717, 1.165) is 19.0 Å². The summed E-state index contributed by atoms with van der Waals surface area (Å²) >= 11 is 0. The van der Waals surface area contributed by atoms with Crippen LogP contribution in [0.25, 0.3) is 0 Å². The van der Waals surface area contributed by atoms with Crippen molar-refractivity contribution >= 4 is 29.9 Å². The van der Waals surface area contributed by atoms with Crippen LogP contribution in [-0.2, 0) is 0 Å². The molecular weight excluding hydrogens is 327 g/mol. The lowest BCUT2D eigenvalue weighted by atomic mass is 10.2. The number of rotatable bonds is 5. The molecule has 0 fully saturated rings. The first-order chi connectivity index (χ1) is 7.40. The SMILES string of the molecule is CN=C(NCCN(C(C)C)C(C)C)N(C)C.I. The Hall–Kier alpha value is -0.0400. The van der Waals surface area contributed by atoms with Crippen LogP contribution in [0.15, 0.2) is 4.99 Å². The van der Waals surface area contributed by atoms with Crippen molar-refractivity contribution in [3.63, 3.8) is 0 Å². The van der Waals surface area contributed by atoms with Crippen LogP contribution in [0.1, 0.15) is 27.7 Å². The van der Waals surface area contributed by atoms with Gasteiger partial charge >= 0.3 is 0 Å². The highest BCUT2D eigenvalue weighted by molar-refractivity contribution is 14.0. The van der Waals surface area contributed by atoms with E-state index >= 15 is 0 Å². The Balaban J connectivity index is 0. The number of aliphatic imine (C=N–C) groups is 1. The summed E-state index contributed by atoms with van der Waals surface area (Å²) in [6.45, 7) is 10.9. The van der Waals surface area contributed by atoms with E-state index in [1.165, 1.54) is 0 Å². The molecule has 1 N–H and O–H groups in total. The third-order valence-corrected chi connectivity index (χ3v) is 2.62. The lowest BCUT2D eigenvalue weighted by Gasteiger charge is -2.31. The monoisotopic (exact) mass is 356 g/mol. The minimum Gasteiger partial charge on any atom is -0.355 e. The zero-order valence-electron chi connectivity index (χ0n) is 12.3. The van der Waals surface area contributed by atoms with Crippen molar-refractivity contribution in [2.24, 2.45) is 4.99 Å². The van der Waals surface area contributed by atoms with Crippen molar-refractivity contribution in [1.29, 1.82) is 0 Å². The molecule has 0 bridgehead atoms. The fraction of sp³-hybridized carbons (Fsp3) is 0.917. The maximum atomic E-state index is 4.19. The van der Waals surface area contributed by atoms with E-state index in [-0.39, 0.29) is 24.0 Å². The minimum atomic E-state index is 0. The second-order valence-corrected chi connectivity index (χ2v) is 4.79. The van der Waals surface area contributed by atoms with E-state index in [1.54, 1.807) is 0 Å². The van der Waals surface area contributed by atoms with Crippen LogP contribution in [0.5, 0.6) is 0 Å². The minimum absolute atomic E-state index is 0. The van der Waals surface area contributed by atoms with Crippen molar-refractivity contribution in [1.82, 2.24) is 15.1 Å². The van der Waals surface area contributed by atoms with E-state index in [0.29, 0.717) is 12.1 Å². The van der Waals surface area contributed by atoms with Crippen molar-refractivity contribution in [2.45, 2.75) is 39.8 Å². The highest BCUT2D eigenvalue weighted by Crippen LogP contribution is 2.03. The Morgan fingerprint density at radius 3 is 1.88 bits per heavy atom. The lowest BCUT2D eigenvalue weighted by molar-refractivity contribution is 0.178.